The molecule has 2 rings (SSSR count). The normalized spacial score (nSPS) is 10.3. The number of nitrogen functional groups attached to an aromatic ring is 1. The Kier molecular flexibility index (Phi) is 3.90. The zero-order chi connectivity index (χ0) is 13.8. The fourth-order valence-electron chi connectivity index (χ4n) is 2.02. The number of ether oxygens (including phenoxy) is 1. The summed E-state index contributed by atoms with van der Waals surface area (Å²) >= 11 is 0. The maximum atomic E-state index is 13.8. The molecule has 0 spiro atoms. The van der Waals surface area contributed by atoms with Crippen LogP contribution in [0, 0.1) is 5.82 Å². The summed E-state index contributed by atoms with van der Waals surface area (Å²) in [6.07, 6.45) is 0. The maximum absolute atomic E-state index is 13.8. The Morgan fingerprint density at radius 1 is 1.16 bits per heavy atom. The lowest BCUT2D eigenvalue weighted by Crippen LogP contribution is -2.19. The molecule has 0 heterocycles. The van der Waals surface area contributed by atoms with Crippen LogP contribution in [-0.2, 0) is 6.54 Å². The van der Waals surface area contributed by atoms with E-state index in [1.165, 1.54) is 6.07 Å². The van der Waals surface area contributed by atoms with Crippen LogP contribution in [0.15, 0.2) is 42.5 Å². The molecule has 19 heavy (non-hydrogen) atoms. The average molecular weight is 260 g/mol. The Hall–Kier alpha value is -2.23. The van der Waals surface area contributed by atoms with Crippen molar-refractivity contribution in [2.24, 2.45) is 0 Å². The molecular weight excluding hydrogens is 243 g/mol. The molecule has 0 aliphatic rings. The van der Waals surface area contributed by atoms with Crippen LogP contribution < -0.4 is 15.4 Å². The highest BCUT2D eigenvalue weighted by Crippen LogP contribution is 2.27. The average Bonchev–Trinajstić information content (AvgIpc) is 2.39. The molecule has 2 aromatic carbocycles. The number of halogens is 1. The van der Waals surface area contributed by atoms with Crippen molar-refractivity contribution in [1.29, 1.82) is 0 Å². The molecule has 100 valence electrons. The first kappa shape index (κ1) is 13.2. The summed E-state index contributed by atoms with van der Waals surface area (Å²) in [5.74, 6) is 0.493. The Morgan fingerprint density at radius 2 is 1.84 bits per heavy atom. The van der Waals surface area contributed by atoms with Gasteiger partial charge in [-0.2, -0.15) is 0 Å². The highest BCUT2D eigenvalue weighted by molar-refractivity contribution is 5.67. The molecular formula is C15H17FN2O. The topological polar surface area (TPSA) is 38.5 Å². The van der Waals surface area contributed by atoms with Crippen molar-refractivity contribution in [1.82, 2.24) is 0 Å². The third kappa shape index (κ3) is 2.96. The van der Waals surface area contributed by atoms with Gasteiger partial charge in [0, 0.05) is 13.6 Å². The van der Waals surface area contributed by atoms with Crippen molar-refractivity contribution < 1.29 is 9.13 Å². The van der Waals surface area contributed by atoms with Gasteiger partial charge in [-0.25, -0.2) is 4.39 Å². The van der Waals surface area contributed by atoms with Gasteiger partial charge >= 0.3 is 0 Å². The van der Waals surface area contributed by atoms with E-state index in [2.05, 4.69) is 0 Å². The molecule has 0 saturated heterocycles. The molecule has 0 aliphatic carbocycles. The van der Waals surface area contributed by atoms with E-state index in [1.54, 1.807) is 24.1 Å². The quantitative estimate of drug-likeness (QED) is 0.859. The van der Waals surface area contributed by atoms with Crippen LogP contribution in [0.2, 0.25) is 0 Å². The smallest absolute Gasteiger partial charge is 0.148 e. The summed E-state index contributed by atoms with van der Waals surface area (Å²) < 4.78 is 18.9. The van der Waals surface area contributed by atoms with Gasteiger partial charge in [0.2, 0.25) is 0 Å². The molecule has 0 aliphatic heterocycles. The van der Waals surface area contributed by atoms with Gasteiger partial charge in [0.15, 0.2) is 0 Å². The third-order valence-corrected chi connectivity index (χ3v) is 2.98. The van der Waals surface area contributed by atoms with Gasteiger partial charge in [-0.05, 0) is 29.8 Å². The molecule has 0 amide bonds. The molecule has 0 atom stereocenters. The SMILES string of the molecule is COc1ccc(CN(C)c2c(N)cccc2F)cc1. The van der Waals surface area contributed by atoms with Crippen molar-refractivity contribution in [3.05, 3.63) is 53.8 Å². The zero-order valence-corrected chi connectivity index (χ0v) is 11.1. The Bertz CT molecular complexity index is 534. The lowest BCUT2D eigenvalue weighted by atomic mass is 10.2. The van der Waals surface area contributed by atoms with Crippen LogP contribution in [0.4, 0.5) is 15.8 Å². The Morgan fingerprint density at radius 3 is 2.42 bits per heavy atom. The Labute approximate surface area is 112 Å². The van der Waals surface area contributed by atoms with Gasteiger partial charge in [0.1, 0.15) is 11.6 Å². The van der Waals surface area contributed by atoms with Gasteiger partial charge in [0.05, 0.1) is 18.5 Å². The van der Waals surface area contributed by atoms with Crippen molar-refractivity contribution >= 4 is 11.4 Å². The van der Waals surface area contributed by atoms with Crippen molar-refractivity contribution in [3.63, 3.8) is 0 Å². The number of para-hydroxylation sites is 1. The lowest BCUT2D eigenvalue weighted by molar-refractivity contribution is 0.414. The summed E-state index contributed by atoms with van der Waals surface area (Å²) in [7, 11) is 3.44. The van der Waals surface area contributed by atoms with Crippen LogP contribution in [0.1, 0.15) is 5.56 Å². The molecule has 2 N–H and O–H groups in total. The number of hydrogen-bond donors (Lipinski definition) is 1. The number of nitrogens with two attached hydrogens (primary N) is 1. The van der Waals surface area contributed by atoms with E-state index in [1.807, 2.05) is 31.3 Å². The summed E-state index contributed by atoms with van der Waals surface area (Å²) in [5.41, 5.74) is 7.75. The molecule has 0 unspecified atom stereocenters. The molecule has 0 bridgehead atoms. The fraction of sp³-hybridized carbons (Fsp3) is 0.200. The van der Waals surface area contributed by atoms with Gasteiger partial charge in [0.25, 0.3) is 0 Å². The third-order valence-electron chi connectivity index (χ3n) is 2.98. The number of benzene rings is 2. The highest BCUT2D eigenvalue weighted by Gasteiger charge is 2.11. The van der Waals surface area contributed by atoms with E-state index in [0.29, 0.717) is 17.9 Å². The minimum absolute atomic E-state index is 0.309. The van der Waals surface area contributed by atoms with Crippen LogP contribution in [0.25, 0.3) is 0 Å². The van der Waals surface area contributed by atoms with Gasteiger partial charge in [-0.3, -0.25) is 0 Å². The molecule has 4 heteroatoms. The molecule has 0 fully saturated rings. The number of hydrogen-bond acceptors (Lipinski definition) is 3. The van der Waals surface area contributed by atoms with Crippen LogP contribution in [0.3, 0.4) is 0 Å². The van der Waals surface area contributed by atoms with Crippen LogP contribution in [-0.4, -0.2) is 14.2 Å². The number of anilines is 2. The van der Waals surface area contributed by atoms with Gasteiger partial charge in [-0.1, -0.05) is 18.2 Å². The minimum atomic E-state index is -0.309. The first-order chi connectivity index (χ1) is 9.11. The van der Waals surface area contributed by atoms with Crippen LogP contribution in [0.5, 0.6) is 5.75 Å². The second-order valence-electron chi connectivity index (χ2n) is 4.38. The number of rotatable bonds is 4. The van der Waals surface area contributed by atoms with E-state index in [0.717, 1.165) is 11.3 Å². The van der Waals surface area contributed by atoms with E-state index in [-0.39, 0.29) is 5.82 Å². The van der Waals surface area contributed by atoms with Gasteiger partial charge < -0.3 is 15.4 Å². The van der Waals surface area contributed by atoms with Gasteiger partial charge in [-0.15, -0.1) is 0 Å². The maximum Gasteiger partial charge on any atom is 0.148 e. The summed E-state index contributed by atoms with van der Waals surface area (Å²) in [6, 6.07) is 12.4. The largest absolute Gasteiger partial charge is 0.497 e. The first-order valence-corrected chi connectivity index (χ1v) is 6.00. The number of methoxy groups -OCH3 is 1. The molecule has 2 aromatic rings. The highest BCUT2D eigenvalue weighted by atomic mass is 19.1. The standard InChI is InChI=1S/C15H17FN2O/c1-18(15-13(16)4-3-5-14(15)17)10-11-6-8-12(19-2)9-7-11/h3-9H,10,17H2,1-2H3. The van der Waals surface area contributed by atoms with E-state index in [4.69, 9.17) is 10.5 Å². The van der Waals surface area contributed by atoms with Crippen molar-refractivity contribution in [2.75, 3.05) is 24.8 Å². The predicted octanol–water partition coefficient (Wildman–Crippen LogP) is 3.05. The predicted molar refractivity (Wildman–Crippen MR) is 75.9 cm³/mol. The molecule has 3 nitrogen and oxygen atoms in total. The second kappa shape index (κ2) is 5.61. The monoisotopic (exact) mass is 260 g/mol. The zero-order valence-electron chi connectivity index (χ0n) is 11.1. The second-order valence-corrected chi connectivity index (χ2v) is 4.38. The van der Waals surface area contributed by atoms with Crippen molar-refractivity contribution in [3.8, 4) is 5.75 Å². The summed E-state index contributed by atoms with van der Waals surface area (Å²) in [4.78, 5) is 1.80. The van der Waals surface area contributed by atoms with E-state index < -0.39 is 0 Å². The minimum Gasteiger partial charge on any atom is -0.497 e. The molecule has 0 aromatic heterocycles. The lowest BCUT2D eigenvalue weighted by Gasteiger charge is -2.21. The Balaban J connectivity index is 2.18. The summed E-state index contributed by atoms with van der Waals surface area (Å²) in [6.45, 7) is 0.578. The molecule has 0 saturated carbocycles. The molecule has 0 radical (unpaired) electrons. The van der Waals surface area contributed by atoms with E-state index >= 15 is 0 Å². The summed E-state index contributed by atoms with van der Waals surface area (Å²) in [5, 5.41) is 0. The van der Waals surface area contributed by atoms with Crippen LogP contribution >= 0.6 is 0 Å². The first-order valence-electron chi connectivity index (χ1n) is 6.00. The fourth-order valence-corrected chi connectivity index (χ4v) is 2.02. The van der Waals surface area contributed by atoms with E-state index in [9.17, 15) is 4.39 Å². The van der Waals surface area contributed by atoms with Crippen molar-refractivity contribution in [2.45, 2.75) is 6.54 Å². The number of nitrogens with zero attached hydrogens (tertiary/aromatic N) is 1.